The molecule has 0 aliphatic heterocycles. The van der Waals surface area contributed by atoms with Crippen molar-refractivity contribution in [3.8, 4) is 0 Å². The Hall–Kier alpha value is -2.66. The van der Waals surface area contributed by atoms with Crippen LogP contribution in [0, 0.1) is 11.6 Å². The Morgan fingerprint density at radius 3 is 1.93 bits per heavy atom. The summed E-state index contributed by atoms with van der Waals surface area (Å²) in [6.45, 7) is 1.80. The monoisotopic (exact) mass is 383 g/mol. The van der Waals surface area contributed by atoms with E-state index >= 15 is 0 Å². The van der Waals surface area contributed by atoms with Gasteiger partial charge >= 0.3 is 0 Å². The minimum absolute atomic E-state index is 0.0156. The van der Waals surface area contributed by atoms with E-state index in [9.17, 15) is 13.6 Å². The molecule has 0 spiro atoms. The van der Waals surface area contributed by atoms with Gasteiger partial charge in [-0.05, 0) is 30.2 Å². The summed E-state index contributed by atoms with van der Waals surface area (Å²) < 4.78 is 26.4. The van der Waals surface area contributed by atoms with Crippen LogP contribution in [0.1, 0.15) is 23.3 Å². The molecular weight excluding hydrogens is 364 g/mol. The van der Waals surface area contributed by atoms with Gasteiger partial charge in [-0.2, -0.15) is 0 Å². The topological polar surface area (TPSA) is 29.1 Å². The molecule has 0 aromatic heterocycles. The summed E-state index contributed by atoms with van der Waals surface area (Å²) in [5.74, 6) is -2.19. The lowest BCUT2D eigenvalue weighted by Gasteiger charge is -2.21. The first-order chi connectivity index (χ1) is 13.0. The fourth-order valence-electron chi connectivity index (χ4n) is 2.69. The molecule has 2 nitrogen and oxygen atoms in total. The van der Waals surface area contributed by atoms with Crippen molar-refractivity contribution in [2.45, 2.75) is 17.4 Å². The van der Waals surface area contributed by atoms with Crippen LogP contribution >= 0.6 is 11.8 Å². The van der Waals surface area contributed by atoms with Crippen molar-refractivity contribution in [1.29, 1.82) is 0 Å². The third kappa shape index (κ3) is 4.95. The highest BCUT2D eigenvalue weighted by Gasteiger charge is 2.22. The molecule has 0 unspecified atom stereocenters. The number of benzene rings is 3. The largest absolute Gasteiger partial charge is 0.325 e. The van der Waals surface area contributed by atoms with E-state index in [1.807, 2.05) is 60.7 Å². The zero-order valence-electron chi connectivity index (χ0n) is 14.7. The molecule has 1 amide bonds. The highest BCUT2D eigenvalue weighted by Crippen LogP contribution is 2.38. The van der Waals surface area contributed by atoms with Crippen LogP contribution in [-0.2, 0) is 4.79 Å². The molecular formula is C22H19F2NOS. The fourth-order valence-corrected chi connectivity index (χ4v) is 3.91. The number of hydrogen-bond donors (Lipinski definition) is 1. The molecule has 0 saturated carbocycles. The summed E-state index contributed by atoms with van der Waals surface area (Å²) in [5.41, 5.74) is 2.43. The molecule has 0 bridgehead atoms. The molecule has 0 heterocycles. The van der Waals surface area contributed by atoms with Gasteiger partial charge in [0.05, 0.1) is 10.5 Å². The zero-order chi connectivity index (χ0) is 19.2. The third-order valence-electron chi connectivity index (χ3n) is 4.10. The molecule has 3 aromatic rings. The van der Waals surface area contributed by atoms with Crippen LogP contribution in [-0.4, -0.2) is 11.2 Å². The zero-order valence-corrected chi connectivity index (χ0v) is 15.5. The van der Waals surface area contributed by atoms with Gasteiger partial charge < -0.3 is 5.32 Å². The first-order valence-corrected chi connectivity index (χ1v) is 9.50. The highest BCUT2D eigenvalue weighted by atomic mass is 32.2. The Labute approximate surface area is 161 Å². The summed E-state index contributed by atoms with van der Waals surface area (Å²) >= 11 is 1.51. The second-order valence-corrected chi connectivity index (χ2v) is 7.55. The molecule has 3 aromatic carbocycles. The van der Waals surface area contributed by atoms with E-state index in [2.05, 4.69) is 5.32 Å². The van der Waals surface area contributed by atoms with Crippen LogP contribution in [0.15, 0.2) is 78.9 Å². The van der Waals surface area contributed by atoms with Gasteiger partial charge in [-0.15, -0.1) is 11.8 Å². The second kappa shape index (κ2) is 8.82. The Morgan fingerprint density at radius 1 is 0.852 bits per heavy atom. The number of amides is 1. The van der Waals surface area contributed by atoms with Crippen molar-refractivity contribution in [2.24, 2.45) is 0 Å². The van der Waals surface area contributed by atoms with Crippen LogP contribution in [0.2, 0.25) is 0 Å². The lowest BCUT2D eigenvalue weighted by atomic mass is 10.0. The number of thioether (sulfide) groups is 1. The SMILES string of the molecule is C[C@H](SC(c1ccccc1)c1ccccc1)C(=O)Nc1ccc(F)c(F)c1. The second-order valence-electron chi connectivity index (χ2n) is 6.10. The number of carbonyl (C=O) groups excluding carboxylic acids is 1. The molecule has 0 aliphatic rings. The summed E-state index contributed by atoms with van der Waals surface area (Å²) in [6, 6.07) is 23.2. The van der Waals surface area contributed by atoms with Gasteiger partial charge in [-0.1, -0.05) is 60.7 Å². The van der Waals surface area contributed by atoms with Crippen molar-refractivity contribution in [1.82, 2.24) is 0 Å². The maximum atomic E-state index is 13.4. The maximum Gasteiger partial charge on any atom is 0.237 e. The van der Waals surface area contributed by atoms with Crippen molar-refractivity contribution in [3.63, 3.8) is 0 Å². The Kier molecular flexibility index (Phi) is 6.24. The number of hydrogen-bond acceptors (Lipinski definition) is 2. The van der Waals surface area contributed by atoms with Crippen molar-refractivity contribution in [2.75, 3.05) is 5.32 Å². The van der Waals surface area contributed by atoms with Crippen LogP contribution in [0.3, 0.4) is 0 Å². The van der Waals surface area contributed by atoms with Crippen LogP contribution in [0.4, 0.5) is 14.5 Å². The molecule has 138 valence electrons. The summed E-state index contributed by atoms with van der Waals surface area (Å²) in [5, 5.41) is 2.24. The van der Waals surface area contributed by atoms with Gasteiger partial charge in [-0.25, -0.2) is 8.78 Å². The van der Waals surface area contributed by atoms with Gasteiger partial charge in [0.25, 0.3) is 0 Å². The fraction of sp³-hybridized carbons (Fsp3) is 0.136. The number of rotatable bonds is 6. The highest BCUT2D eigenvalue weighted by molar-refractivity contribution is 8.01. The van der Waals surface area contributed by atoms with E-state index in [-0.39, 0.29) is 16.8 Å². The van der Waals surface area contributed by atoms with Crippen molar-refractivity contribution < 1.29 is 13.6 Å². The Bertz CT molecular complexity index is 863. The maximum absolute atomic E-state index is 13.4. The summed E-state index contributed by atoms with van der Waals surface area (Å²) in [4.78, 5) is 12.6. The minimum atomic E-state index is -0.987. The molecule has 5 heteroatoms. The van der Waals surface area contributed by atoms with Crippen LogP contribution in [0.25, 0.3) is 0 Å². The van der Waals surface area contributed by atoms with Gasteiger partial charge in [0, 0.05) is 11.8 Å². The van der Waals surface area contributed by atoms with Crippen LogP contribution in [0.5, 0.6) is 0 Å². The normalized spacial score (nSPS) is 12.0. The van der Waals surface area contributed by atoms with Crippen molar-refractivity contribution >= 4 is 23.4 Å². The average Bonchev–Trinajstić information content (AvgIpc) is 2.70. The molecule has 3 rings (SSSR count). The number of nitrogens with one attached hydrogen (secondary N) is 1. The van der Waals surface area contributed by atoms with Gasteiger partial charge in [-0.3, -0.25) is 4.79 Å². The van der Waals surface area contributed by atoms with Gasteiger partial charge in [0.15, 0.2) is 11.6 Å². The first-order valence-electron chi connectivity index (χ1n) is 8.56. The predicted molar refractivity (Wildman–Crippen MR) is 107 cm³/mol. The van der Waals surface area contributed by atoms with E-state index in [4.69, 9.17) is 0 Å². The predicted octanol–water partition coefficient (Wildman–Crippen LogP) is 5.81. The molecule has 1 atom stereocenters. The van der Waals surface area contributed by atoms with E-state index in [1.54, 1.807) is 6.92 Å². The first kappa shape index (κ1) is 19.1. The lowest BCUT2D eigenvalue weighted by Crippen LogP contribution is -2.23. The quantitative estimate of drug-likeness (QED) is 0.582. The van der Waals surface area contributed by atoms with E-state index in [0.29, 0.717) is 0 Å². The molecule has 27 heavy (non-hydrogen) atoms. The van der Waals surface area contributed by atoms with Gasteiger partial charge in [0.2, 0.25) is 5.91 Å². The molecule has 1 N–H and O–H groups in total. The van der Waals surface area contributed by atoms with Gasteiger partial charge in [0.1, 0.15) is 0 Å². The third-order valence-corrected chi connectivity index (χ3v) is 5.54. The standard InChI is InChI=1S/C22H19F2NOS/c1-15(22(26)25-18-12-13-19(23)20(24)14-18)27-21(16-8-4-2-5-9-16)17-10-6-3-7-11-17/h2-15,21H,1H3,(H,25,26)/t15-/m0/s1. The summed E-state index contributed by atoms with van der Waals surface area (Å²) in [7, 11) is 0. The molecule has 0 radical (unpaired) electrons. The molecule has 0 saturated heterocycles. The minimum Gasteiger partial charge on any atom is -0.325 e. The van der Waals surface area contributed by atoms with E-state index in [0.717, 1.165) is 23.3 Å². The lowest BCUT2D eigenvalue weighted by molar-refractivity contribution is -0.115. The molecule has 0 fully saturated rings. The number of halogens is 2. The summed E-state index contributed by atoms with van der Waals surface area (Å²) in [6.07, 6.45) is 0. The Balaban J connectivity index is 1.76. The van der Waals surface area contributed by atoms with E-state index < -0.39 is 16.9 Å². The average molecular weight is 383 g/mol. The molecule has 0 aliphatic carbocycles. The number of anilines is 1. The number of carbonyl (C=O) groups is 1. The van der Waals surface area contributed by atoms with Crippen LogP contribution < -0.4 is 5.32 Å². The van der Waals surface area contributed by atoms with Crippen molar-refractivity contribution in [3.05, 3.63) is 102 Å². The Morgan fingerprint density at radius 2 is 1.41 bits per heavy atom. The van der Waals surface area contributed by atoms with E-state index in [1.165, 1.54) is 17.8 Å². The smallest absolute Gasteiger partial charge is 0.237 e.